The lowest BCUT2D eigenvalue weighted by molar-refractivity contribution is 0.0186. The zero-order valence-corrected chi connectivity index (χ0v) is 5.75. The summed E-state index contributed by atoms with van der Waals surface area (Å²) in [6, 6.07) is 0. The quantitative estimate of drug-likeness (QED) is 0.502. The van der Waals surface area contributed by atoms with Gasteiger partial charge >= 0.3 is 0 Å². The molecule has 0 aromatic carbocycles. The van der Waals surface area contributed by atoms with Crippen LogP contribution in [0.5, 0.6) is 0 Å². The number of hydrogen-bond donors (Lipinski definition) is 2. The van der Waals surface area contributed by atoms with Crippen molar-refractivity contribution in [3.8, 4) is 0 Å². The summed E-state index contributed by atoms with van der Waals surface area (Å²) in [6.45, 7) is 2.06. The molecular formula is C7H14O2. The Morgan fingerprint density at radius 2 is 1.44 bits per heavy atom. The average molecular weight is 130 g/mol. The summed E-state index contributed by atoms with van der Waals surface area (Å²) in [4.78, 5) is 0. The second-order valence-electron chi connectivity index (χ2n) is 3.12. The predicted octanol–water partition coefficient (Wildman–Crippen LogP) is 0.528. The largest absolute Gasteiger partial charge is 0.393 e. The fourth-order valence-electron chi connectivity index (χ4n) is 1.53. The molecular weight excluding hydrogens is 116 g/mol. The Labute approximate surface area is 55.5 Å². The van der Waals surface area contributed by atoms with Gasteiger partial charge < -0.3 is 10.2 Å². The standard InChI is InChI=1S/C7H14O2/c1-5-2-6(8)4-7(9)3-5/h5-9H,2-4H2,1H3/t5?,6-,7?/m1/s1. The monoisotopic (exact) mass is 130 g/mol. The smallest absolute Gasteiger partial charge is 0.0567 e. The van der Waals surface area contributed by atoms with Crippen LogP contribution in [0, 0.1) is 5.92 Å². The van der Waals surface area contributed by atoms with E-state index in [9.17, 15) is 0 Å². The second kappa shape index (κ2) is 2.67. The molecule has 1 rings (SSSR count). The lowest BCUT2D eigenvalue weighted by Crippen LogP contribution is -2.28. The van der Waals surface area contributed by atoms with Gasteiger partial charge in [0.2, 0.25) is 0 Å². The number of rotatable bonds is 0. The molecule has 2 N–H and O–H groups in total. The number of hydrogen-bond acceptors (Lipinski definition) is 2. The molecule has 2 unspecified atom stereocenters. The zero-order valence-electron chi connectivity index (χ0n) is 5.75. The third kappa shape index (κ3) is 1.95. The molecule has 0 aliphatic heterocycles. The highest BCUT2D eigenvalue weighted by Gasteiger charge is 2.22. The third-order valence-electron chi connectivity index (χ3n) is 1.89. The van der Waals surface area contributed by atoms with Gasteiger partial charge in [0.1, 0.15) is 0 Å². The maximum absolute atomic E-state index is 9.09. The molecule has 0 bridgehead atoms. The highest BCUT2D eigenvalue weighted by atomic mass is 16.3. The highest BCUT2D eigenvalue weighted by molar-refractivity contribution is 4.74. The van der Waals surface area contributed by atoms with Crippen LogP contribution in [0.2, 0.25) is 0 Å². The van der Waals surface area contributed by atoms with Gasteiger partial charge in [-0.3, -0.25) is 0 Å². The van der Waals surface area contributed by atoms with Gasteiger partial charge in [-0.2, -0.15) is 0 Å². The van der Waals surface area contributed by atoms with Gasteiger partial charge in [0.15, 0.2) is 0 Å². The van der Waals surface area contributed by atoms with Crippen molar-refractivity contribution in [1.29, 1.82) is 0 Å². The molecule has 1 aliphatic carbocycles. The second-order valence-corrected chi connectivity index (χ2v) is 3.12. The number of aliphatic hydroxyl groups excluding tert-OH is 2. The van der Waals surface area contributed by atoms with Gasteiger partial charge in [-0.05, 0) is 25.2 Å². The minimum atomic E-state index is -0.260. The van der Waals surface area contributed by atoms with E-state index in [4.69, 9.17) is 10.2 Å². The molecule has 0 heterocycles. The summed E-state index contributed by atoms with van der Waals surface area (Å²) < 4.78 is 0. The average Bonchev–Trinajstić information content (AvgIpc) is 1.59. The topological polar surface area (TPSA) is 40.5 Å². The summed E-state index contributed by atoms with van der Waals surface area (Å²) in [5.41, 5.74) is 0. The fourth-order valence-corrected chi connectivity index (χ4v) is 1.53. The molecule has 3 atom stereocenters. The van der Waals surface area contributed by atoms with Crippen LogP contribution in [0.25, 0.3) is 0 Å². The molecule has 1 fully saturated rings. The first-order chi connectivity index (χ1) is 4.18. The van der Waals surface area contributed by atoms with Gasteiger partial charge in [-0.1, -0.05) is 6.92 Å². The lowest BCUT2D eigenvalue weighted by atomic mass is 9.87. The van der Waals surface area contributed by atoms with Crippen molar-refractivity contribution < 1.29 is 10.2 Å². The molecule has 0 amide bonds. The van der Waals surface area contributed by atoms with E-state index in [1.165, 1.54) is 0 Å². The van der Waals surface area contributed by atoms with Crippen molar-refractivity contribution in [2.24, 2.45) is 5.92 Å². The van der Waals surface area contributed by atoms with E-state index in [0.717, 1.165) is 12.8 Å². The minimum Gasteiger partial charge on any atom is -0.393 e. The summed E-state index contributed by atoms with van der Waals surface area (Å²) in [5.74, 6) is 0.490. The molecule has 2 heteroatoms. The SMILES string of the molecule is CC1CC(O)C[C@H](O)C1. The van der Waals surface area contributed by atoms with Crippen molar-refractivity contribution in [3.63, 3.8) is 0 Å². The van der Waals surface area contributed by atoms with Gasteiger partial charge in [-0.15, -0.1) is 0 Å². The molecule has 1 saturated carbocycles. The van der Waals surface area contributed by atoms with Crippen LogP contribution >= 0.6 is 0 Å². The maximum atomic E-state index is 9.09. The predicted molar refractivity (Wildman–Crippen MR) is 35.0 cm³/mol. The third-order valence-corrected chi connectivity index (χ3v) is 1.89. The van der Waals surface area contributed by atoms with Crippen molar-refractivity contribution >= 4 is 0 Å². The zero-order chi connectivity index (χ0) is 6.85. The van der Waals surface area contributed by atoms with Gasteiger partial charge in [0.05, 0.1) is 12.2 Å². The first-order valence-electron chi connectivity index (χ1n) is 3.54. The van der Waals surface area contributed by atoms with Crippen LogP contribution < -0.4 is 0 Å². The van der Waals surface area contributed by atoms with Crippen molar-refractivity contribution in [2.45, 2.75) is 38.4 Å². The minimum absolute atomic E-state index is 0.260. The normalized spacial score (nSPS) is 45.0. The fraction of sp³-hybridized carbons (Fsp3) is 1.00. The lowest BCUT2D eigenvalue weighted by Gasteiger charge is -2.26. The van der Waals surface area contributed by atoms with E-state index in [1.807, 2.05) is 0 Å². The summed E-state index contributed by atoms with van der Waals surface area (Å²) in [6.07, 6.45) is 1.77. The molecule has 0 aromatic rings. The molecule has 0 saturated heterocycles. The Kier molecular flexibility index (Phi) is 2.09. The van der Waals surface area contributed by atoms with E-state index in [0.29, 0.717) is 12.3 Å². The van der Waals surface area contributed by atoms with E-state index >= 15 is 0 Å². The van der Waals surface area contributed by atoms with Crippen LogP contribution in [-0.2, 0) is 0 Å². The first-order valence-corrected chi connectivity index (χ1v) is 3.54. The molecule has 54 valence electrons. The Bertz CT molecular complexity index is 67.9. The van der Waals surface area contributed by atoms with Crippen LogP contribution in [-0.4, -0.2) is 22.4 Å². The number of aliphatic hydroxyl groups is 2. The molecule has 0 aromatic heterocycles. The summed E-state index contributed by atoms with van der Waals surface area (Å²) >= 11 is 0. The molecule has 9 heavy (non-hydrogen) atoms. The molecule has 0 spiro atoms. The first kappa shape index (κ1) is 7.03. The summed E-state index contributed by atoms with van der Waals surface area (Å²) in [7, 11) is 0. The van der Waals surface area contributed by atoms with Crippen LogP contribution in [0.3, 0.4) is 0 Å². The molecule has 1 aliphatic rings. The maximum Gasteiger partial charge on any atom is 0.0567 e. The van der Waals surface area contributed by atoms with Crippen LogP contribution in [0.1, 0.15) is 26.2 Å². The van der Waals surface area contributed by atoms with Crippen molar-refractivity contribution in [1.82, 2.24) is 0 Å². The van der Waals surface area contributed by atoms with Gasteiger partial charge in [-0.25, -0.2) is 0 Å². The Balaban J connectivity index is 2.34. The summed E-state index contributed by atoms with van der Waals surface area (Å²) in [5, 5.41) is 18.2. The van der Waals surface area contributed by atoms with Crippen LogP contribution in [0.4, 0.5) is 0 Å². The van der Waals surface area contributed by atoms with E-state index in [-0.39, 0.29) is 12.2 Å². The molecule has 2 nitrogen and oxygen atoms in total. The van der Waals surface area contributed by atoms with E-state index < -0.39 is 0 Å². The van der Waals surface area contributed by atoms with Crippen LogP contribution in [0.15, 0.2) is 0 Å². The Hall–Kier alpha value is -0.0800. The molecule has 0 radical (unpaired) electrons. The Morgan fingerprint density at radius 3 is 1.78 bits per heavy atom. The van der Waals surface area contributed by atoms with E-state index in [1.54, 1.807) is 0 Å². The van der Waals surface area contributed by atoms with Crippen molar-refractivity contribution in [3.05, 3.63) is 0 Å². The van der Waals surface area contributed by atoms with Gasteiger partial charge in [0, 0.05) is 0 Å². The highest BCUT2D eigenvalue weighted by Crippen LogP contribution is 2.23. The Morgan fingerprint density at radius 1 is 1.00 bits per heavy atom. The van der Waals surface area contributed by atoms with Crippen molar-refractivity contribution in [2.75, 3.05) is 0 Å². The van der Waals surface area contributed by atoms with E-state index in [2.05, 4.69) is 6.92 Å². The van der Waals surface area contributed by atoms with Gasteiger partial charge in [0.25, 0.3) is 0 Å².